The third-order valence-electron chi connectivity index (χ3n) is 4.53. The van der Waals surface area contributed by atoms with Crippen molar-refractivity contribution in [2.45, 2.75) is 26.8 Å². The van der Waals surface area contributed by atoms with E-state index in [4.69, 9.17) is 9.47 Å². The molecule has 148 valence electrons. The molecule has 0 unspecified atom stereocenters. The van der Waals surface area contributed by atoms with Crippen LogP contribution in [-0.4, -0.2) is 36.3 Å². The molecule has 28 heavy (non-hydrogen) atoms. The predicted molar refractivity (Wildman–Crippen MR) is 111 cm³/mol. The molecular weight excluding hydrogens is 378 g/mol. The lowest BCUT2D eigenvalue weighted by Gasteiger charge is -2.10. The van der Waals surface area contributed by atoms with Crippen LogP contribution in [0.3, 0.4) is 0 Å². The summed E-state index contributed by atoms with van der Waals surface area (Å²) in [7, 11) is 3.15. The van der Waals surface area contributed by atoms with Gasteiger partial charge >= 0.3 is 0 Å². The van der Waals surface area contributed by atoms with Crippen LogP contribution in [0.5, 0.6) is 5.75 Å². The molecular formula is C20H23N3O4S. The van der Waals surface area contributed by atoms with Crippen molar-refractivity contribution in [3.05, 3.63) is 50.9 Å². The van der Waals surface area contributed by atoms with Crippen LogP contribution in [0, 0.1) is 6.92 Å². The summed E-state index contributed by atoms with van der Waals surface area (Å²) in [5, 5.41) is 3.36. The van der Waals surface area contributed by atoms with Gasteiger partial charge in [-0.05, 0) is 24.6 Å². The highest BCUT2D eigenvalue weighted by atomic mass is 32.1. The molecule has 7 nitrogen and oxygen atoms in total. The lowest BCUT2D eigenvalue weighted by atomic mass is 10.2. The molecule has 0 fully saturated rings. The summed E-state index contributed by atoms with van der Waals surface area (Å²) in [5.41, 5.74) is 1.08. The van der Waals surface area contributed by atoms with Gasteiger partial charge in [0.2, 0.25) is 0 Å². The zero-order valence-electron chi connectivity index (χ0n) is 16.4. The van der Waals surface area contributed by atoms with Gasteiger partial charge in [-0.2, -0.15) is 0 Å². The van der Waals surface area contributed by atoms with E-state index in [0.29, 0.717) is 57.5 Å². The Labute approximate surface area is 166 Å². The van der Waals surface area contributed by atoms with Crippen molar-refractivity contribution in [1.82, 2.24) is 9.55 Å². The molecule has 0 radical (unpaired) electrons. The standard InChI is InChI=1S/C20H23N3O4S/c1-5-15-22-19-16(20(25)23(15)10-11-26-3)12(2)17(28-19)18(24)21-13-8-6-7-9-14(13)27-4/h6-9H,5,10-11H2,1-4H3,(H,21,24). The van der Waals surface area contributed by atoms with E-state index in [1.54, 1.807) is 37.8 Å². The number of nitrogens with one attached hydrogen (secondary N) is 1. The fourth-order valence-corrected chi connectivity index (χ4v) is 4.17. The number of para-hydroxylation sites is 2. The molecule has 2 heterocycles. The van der Waals surface area contributed by atoms with Crippen molar-refractivity contribution >= 4 is 33.1 Å². The van der Waals surface area contributed by atoms with Gasteiger partial charge in [-0.3, -0.25) is 14.2 Å². The molecule has 1 amide bonds. The maximum Gasteiger partial charge on any atom is 0.266 e. The van der Waals surface area contributed by atoms with Crippen LogP contribution < -0.4 is 15.6 Å². The average Bonchev–Trinajstić information content (AvgIpc) is 3.04. The summed E-state index contributed by atoms with van der Waals surface area (Å²) in [4.78, 5) is 31.6. The molecule has 3 aromatic rings. The molecule has 0 bridgehead atoms. The maximum atomic E-state index is 13.1. The average molecular weight is 401 g/mol. The van der Waals surface area contributed by atoms with Gasteiger partial charge in [-0.1, -0.05) is 19.1 Å². The van der Waals surface area contributed by atoms with E-state index >= 15 is 0 Å². The lowest BCUT2D eigenvalue weighted by Crippen LogP contribution is -2.26. The fourth-order valence-electron chi connectivity index (χ4n) is 3.09. The number of thiophene rings is 1. The first-order valence-electron chi connectivity index (χ1n) is 8.97. The van der Waals surface area contributed by atoms with E-state index < -0.39 is 0 Å². The van der Waals surface area contributed by atoms with Crippen LogP contribution in [0.2, 0.25) is 0 Å². The molecule has 0 spiro atoms. The van der Waals surface area contributed by atoms with E-state index in [0.717, 1.165) is 0 Å². The molecule has 0 aliphatic carbocycles. The van der Waals surface area contributed by atoms with E-state index in [2.05, 4.69) is 10.3 Å². The Balaban J connectivity index is 2.05. The summed E-state index contributed by atoms with van der Waals surface area (Å²) in [6, 6.07) is 7.19. The number of benzene rings is 1. The summed E-state index contributed by atoms with van der Waals surface area (Å²) >= 11 is 1.23. The highest BCUT2D eigenvalue weighted by Gasteiger charge is 2.21. The molecule has 1 N–H and O–H groups in total. The van der Waals surface area contributed by atoms with Crippen molar-refractivity contribution < 1.29 is 14.3 Å². The van der Waals surface area contributed by atoms with E-state index in [1.165, 1.54) is 11.3 Å². The molecule has 1 aromatic carbocycles. The van der Waals surface area contributed by atoms with Crippen LogP contribution in [0.15, 0.2) is 29.1 Å². The van der Waals surface area contributed by atoms with Gasteiger partial charge in [0.05, 0.1) is 36.2 Å². The zero-order valence-corrected chi connectivity index (χ0v) is 17.2. The zero-order chi connectivity index (χ0) is 20.3. The lowest BCUT2D eigenvalue weighted by molar-refractivity contribution is 0.102. The normalized spacial score (nSPS) is 11.0. The Morgan fingerprint density at radius 1 is 1.29 bits per heavy atom. The number of rotatable bonds is 7. The Bertz CT molecular complexity index is 1070. The van der Waals surface area contributed by atoms with Gasteiger partial charge in [0.1, 0.15) is 16.4 Å². The number of methoxy groups -OCH3 is 2. The number of ether oxygens (including phenoxy) is 2. The third-order valence-corrected chi connectivity index (χ3v) is 5.71. The Kier molecular flexibility index (Phi) is 6.11. The van der Waals surface area contributed by atoms with Crippen LogP contribution in [-0.2, 0) is 17.7 Å². The largest absolute Gasteiger partial charge is 0.495 e. The van der Waals surface area contributed by atoms with Crippen LogP contribution in [0.4, 0.5) is 5.69 Å². The summed E-state index contributed by atoms with van der Waals surface area (Å²) in [6.45, 7) is 4.59. The quantitative estimate of drug-likeness (QED) is 0.657. The molecule has 0 aliphatic heterocycles. The number of carbonyl (C=O) groups is 1. The number of amides is 1. The number of fused-ring (bicyclic) bond motifs is 1. The molecule has 0 aliphatic rings. The monoisotopic (exact) mass is 401 g/mol. The Morgan fingerprint density at radius 3 is 2.71 bits per heavy atom. The number of hydrogen-bond donors (Lipinski definition) is 1. The molecule has 0 saturated carbocycles. The second kappa shape index (κ2) is 8.53. The van der Waals surface area contributed by atoms with Crippen molar-refractivity contribution in [2.75, 3.05) is 26.1 Å². The van der Waals surface area contributed by atoms with Crippen LogP contribution in [0.1, 0.15) is 28.0 Å². The second-order valence-electron chi connectivity index (χ2n) is 6.22. The van der Waals surface area contributed by atoms with E-state index in [1.807, 2.05) is 19.1 Å². The van der Waals surface area contributed by atoms with Crippen molar-refractivity contribution in [3.63, 3.8) is 0 Å². The first-order valence-corrected chi connectivity index (χ1v) is 9.79. The van der Waals surface area contributed by atoms with Gasteiger partial charge < -0.3 is 14.8 Å². The maximum absolute atomic E-state index is 13.1. The van der Waals surface area contributed by atoms with Gasteiger partial charge in [-0.15, -0.1) is 11.3 Å². The van der Waals surface area contributed by atoms with E-state index in [9.17, 15) is 9.59 Å². The SMILES string of the molecule is CCc1nc2sc(C(=O)Nc3ccccc3OC)c(C)c2c(=O)n1CCOC. The minimum atomic E-state index is -0.286. The minimum Gasteiger partial charge on any atom is -0.495 e. The topological polar surface area (TPSA) is 82.5 Å². The van der Waals surface area contributed by atoms with Gasteiger partial charge in [0, 0.05) is 13.5 Å². The van der Waals surface area contributed by atoms with Crippen molar-refractivity contribution in [2.24, 2.45) is 0 Å². The van der Waals surface area contributed by atoms with Crippen LogP contribution >= 0.6 is 11.3 Å². The van der Waals surface area contributed by atoms with Crippen molar-refractivity contribution in [1.29, 1.82) is 0 Å². The Hall–Kier alpha value is -2.71. The number of aromatic nitrogens is 2. The fraction of sp³-hybridized carbons (Fsp3) is 0.350. The summed E-state index contributed by atoms with van der Waals surface area (Å²) in [6.07, 6.45) is 0.620. The summed E-state index contributed by atoms with van der Waals surface area (Å²) < 4.78 is 12.0. The number of hydrogen-bond acceptors (Lipinski definition) is 6. The highest BCUT2D eigenvalue weighted by Crippen LogP contribution is 2.30. The first-order chi connectivity index (χ1) is 13.5. The molecule has 0 saturated heterocycles. The van der Waals surface area contributed by atoms with E-state index in [-0.39, 0.29) is 11.5 Å². The number of anilines is 1. The second-order valence-corrected chi connectivity index (χ2v) is 7.22. The predicted octanol–water partition coefficient (Wildman–Crippen LogP) is 3.24. The Morgan fingerprint density at radius 2 is 2.04 bits per heavy atom. The van der Waals surface area contributed by atoms with Crippen LogP contribution in [0.25, 0.3) is 10.2 Å². The molecule has 2 aromatic heterocycles. The smallest absolute Gasteiger partial charge is 0.266 e. The number of aryl methyl sites for hydroxylation is 2. The first kappa shape index (κ1) is 20.0. The van der Waals surface area contributed by atoms with Gasteiger partial charge in [0.15, 0.2) is 0 Å². The summed E-state index contributed by atoms with van der Waals surface area (Å²) in [5.74, 6) is 0.973. The highest BCUT2D eigenvalue weighted by molar-refractivity contribution is 7.20. The third kappa shape index (κ3) is 3.65. The van der Waals surface area contributed by atoms with Gasteiger partial charge in [0.25, 0.3) is 11.5 Å². The molecule has 3 rings (SSSR count). The van der Waals surface area contributed by atoms with Gasteiger partial charge in [-0.25, -0.2) is 4.98 Å². The number of carbonyl (C=O) groups excluding carboxylic acids is 1. The van der Waals surface area contributed by atoms with Crippen molar-refractivity contribution in [3.8, 4) is 5.75 Å². The molecule has 8 heteroatoms. The number of nitrogens with zero attached hydrogens (tertiary/aromatic N) is 2. The minimum absolute atomic E-state index is 0.135. The molecule has 0 atom stereocenters.